The van der Waals surface area contributed by atoms with Crippen LogP contribution in [0.5, 0.6) is 0 Å². The van der Waals surface area contributed by atoms with Crippen LogP contribution < -0.4 is 10.6 Å². The zero-order valence-corrected chi connectivity index (χ0v) is 15.7. The maximum Gasteiger partial charge on any atom is 0.220 e. The number of carbonyl (C=O) groups is 1. The van der Waals surface area contributed by atoms with E-state index >= 15 is 0 Å². The minimum Gasteiger partial charge on any atom is -0.353 e. The van der Waals surface area contributed by atoms with Crippen molar-refractivity contribution >= 4 is 30.7 Å². The highest BCUT2D eigenvalue weighted by Crippen LogP contribution is 2.16. The number of nitrogens with zero attached hydrogens (tertiary/aromatic N) is 1. The van der Waals surface area contributed by atoms with Crippen LogP contribution >= 0.6 is 24.8 Å². The molecule has 2 N–H and O–H groups in total. The third-order valence-corrected chi connectivity index (χ3v) is 4.84. The van der Waals surface area contributed by atoms with Crippen LogP contribution in [0.25, 0.3) is 0 Å². The Hall–Kier alpha value is -0.810. The van der Waals surface area contributed by atoms with Crippen molar-refractivity contribution in [2.75, 3.05) is 26.2 Å². The number of rotatable bonds is 5. The van der Waals surface area contributed by atoms with Gasteiger partial charge in [0.25, 0.3) is 0 Å². The number of nitrogens with one attached hydrogen (secondary N) is 2. The van der Waals surface area contributed by atoms with E-state index in [-0.39, 0.29) is 30.7 Å². The lowest BCUT2D eigenvalue weighted by molar-refractivity contribution is -0.122. The summed E-state index contributed by atoms with van der Waals surface area (Å²) < 4.78 is 0. The highest BCUT2D eigenvalue weighted by atomic mass is 35.5. The van der Waals surface area contributed by atoms with E-state index in [9.17, 15) is 4.79 Å². The van der Waals surface area contributed by atoms with Gasteiger partial charge in [0.05, 0.1) is 0 Å². The van der Waals surface area contributed by atoms with Crippen molar-refractivity contribution in [3.05, 3.63) is 35.9 Å². The molecular formula is C18H29Cl2N3O. The first-order valence-electron chi connectivity index (χ1n) is 8.56. The molecule has 24 heavy (non-hydrogen) atoms. The molecule has 2 aliphatic rings. The molecule has 4 nitrogen and oxygen atoms in total. The number of likely N-dealkylation sites (tertiary alicyclic amines) is 1. The van der Waals surface area contributed by atoms with Crippen molar-refractivity contribution in [1.29, 1.82) is 0 Å². The summed E-state index contributed by atoms with van der Waals surface area (Å²) >= 11 is 0. The summed E-state index contributed by atoms with van der Waals surface area (Å²) in [6.07, 6.45) is 3.98. The van der Waals surface area contributed by atoms with E-state index in [1.165, 1.54) is 5.56 Å². The zero-order valence-electron chi connectivity index (χ0n) is 14.1. The van der Waals surface area contributed by atoms with Crippen molar-refractivity contribution < 1.29 is 4.79 Å². The average Bonchev–Trinajstić information content (AvgIpc) is 3.03. The Morgan fingerprint density at radius 3 is 2.46 bits per heavy atom. The van der Waals surface area contributed by atoms with Gasteiger partial charge >= 0.3 is 0 Å². The van der Waals surface area contributed by atoms with Crippen LogP contribution in [-0.2, 0) is 11.3 Å². The van der Waals surface area contributed by atoms with Crippen molar-refractivity contribution in [1.82, 2.24) is 15.5 Å². The molecule has 1 aromatic carbocycles. The van der Waals surface area contributed by atoms with Crippen LogP contribution in [-0.4, -0.2) is 43.0 Å². The van der Waals surface area contributed by atoms with Gasteiger partial charge in [0.15, 0.2) is 0 Å². The second-order valence-electron chi connectivity index (χ2n) is 6.67. The van der Waals surface area contributed by atoms with Gasteiger partial charge < -0.3 is 10.6 Å². The van der Waals surface area contributed by atoms with Gasteiger partial charge in [0, 0.05) is 32.1 Å². The summed E-state index contributed by atoms with van der Waals surface area (Å²) in [5, 5.41) is 6.56. The number of hydrogen-bond donors (Lipinski definition) is 2. The maximum absolute atomic E-state index is 12.1. The molecule has 0 radical (unpaired) electrons. The molecule has 2 heterocycles. The number of piperidine rings is 1. The molecule has 1 aromatic rings. The van der Waals surface area contributed by atoms with Gasteiger partial charge in [-0.15, -0.1) is 24.8 Å². The Balaban J connectivity index is 0.00000144. The lowest BCUT2D eigenvalue weighted by atomic mass is 10.0. The number of benzene rings is 1. The molecule has 0 spiro atoms. The molecule has 2 saturated heterocycles. The number of halogens is 2. The first kappa shape index (κ1) is 21.2. The van der Waals surface area contributed by atoms with E-state index < -0.39 is 0 Å². The summed E-state index contributed by atoms with van der Waals surface area (Å²) in [6, 6.07) is 11.0. The molecule has 1 amide bonds. The highest BCUT2D eigenvalue weighted by molar-refractivity contribution is 5.85. The van der Waals surface area contributed by atoms with E-state index in [4.69, 9.17) is 0 Å². The molecule has 1 unspecified atom stereocenters. The second-order valence-corrected chi connectivity index (χ2v) is 6.67. The fourth-order valence-electron chi connectivity index (χ4n) is 3.51. The fourth-order valence-corrected chi connectivity index (χ4v) is 3.51. The van der Waals surface area contributed by atoms with Gasteiger partial charge in [-0.25, -0.2) is 0 Å². The third-order valence-electron chi connectivity index (χ3n) is 4.84. The molecule has 0 bridgehead atoms. The SMILES string of the molecule is Cl.Cl.O=C(CC1CCNC1)NC1CCN(Cc2ccccc2)CC1. The van der Waals surface area contributed by atoms with Crippen LogP contribution in [0.2, 0.25) is 0 Å². The van der Waals surface area contributed by atoms with Crippen LogP contribution in [0, 0.1) is 5.92 Å². The minimum absolute atomic E-state index is 0. The van der Waals surface area contributed by atoms with Crippen LogP contribution in [0.4, 0.5) is 0 Å². The topological polar surface area (TPSA) is 44.4 Å². The predicted molar refractivity (Wildman–Crippen MR) is 103 cm³/mol. The summed E-state index contributed by atoms with van der Waals surface area (Å²) in [6.45, 7) is 5.24. The Morgan fingerprint density at radius 2 is 1.83 bits per heavy atom. The van der Waals surface area contributed by atoms with Gasteiger partial charge in [-0.05, 0) is 43.8 Å². The van der Waals surface area contributed by atoms with Crippen molar-refractivity contribution in [2.24, 2.45) is 5.92 Å². The van der Waals surface area contributed by atoms with Gasteiger partial charge in [-0.3, -0.25) is 9.69 Å². The molecular weight excluding hydrogens is 345 g/mol. The zero-order chi connectivity index (χ0) is 15.2. The molecule has 2 fully saturated rings. The summed E-state index contributed by atoms with van der Waals surface area (Å²) in [5.74, 6) is 0.786. The third kappa shape index (κ3) is 6.60. The molecule has 0 aliphatic carbocycles. The van der Waals surface area contributed by atoms with Gasteiger partial charge in [-0.2, -0.15) is 0 Å². The molecule has 136 valence electrons. The lowest BCUT2D eigenvalue weighted by Crippen LogP contribution is -2.44. The fraction of sp³-hybridized carbons (Fsp3) is 0.611. The number of amides is 1. The Bertz CT molecular complexity index is 472. The normalized spacial score (nSPS) is 21.6. The van der Waals surface area contributed by atoms with Crippen molar-refractivity contribution in [3.63, 3.8) is 0 Å². The summed E-state index contributed by atoms with van der Waals surface area (Å²) in [4.78, 5) is 14.6. The monoisotopic (exact) mass is 373 g/mol. The van der Waals surface area contributed by atoms with E-state index in [0.717, 1.165) is 52.0 Å². The summed E-state index contributed by atoms with van der Waals surface area (Å²) in [5.41, 5.74) is 1.37. The molecule has 1 atom stereocenters. The predicted octanol–water partition coefficient (Wildman–Crippen LogP) is 2.61. The lowest BCUT2D eigenvalue weighted by Gasteiger charge is -2.32. The van der Waals surface area contributed by atoms with Crippen LogP contribution in [0.3, 0.4) is 0 Å². The van der Waals surface area contributed by atoms with E-state index in [2.05, 4.69) is 45.9 Å². The Kier molecular flexibility index (Phi) is 9.67. The van der Waals surface area contributed by atoms with Gasteiger partial charge in [0.2, 0.25) is 5.91 Å². The van der Waals surface area contributed by atoms with E-state index in [1.54, 1.807) is 0 Å². The van der Waals surface area contributed by atoms with Crippen molar-refractivity contribution in [3.8, 4) is 0 Å². The molecule has 3 rings (SSSR count). The Labute approximate surface area is 157 Å². The largest absolute Gasteiger partial charge is 0.353 e. The first-order valence-corrected chi connectivity index (χ1v) is 8.56. The molecule has 0 aromatic heterocycles. The minimum atomic E-state index is 0. The van der Waals surface area contributed by atoms with Crippen LogP contribution in [0.15, 0.2) is 30.3 Å². The summed E-state index contributed by atoms with van der Waals surface area (Å²) in [7, 11) is 0. The second kappa shape index (κ2) is 10.9. The first-order chi connectivity index (χ1) is 10.8. The Morgan fingerprint density at radius 1 is 1.12 bits per heavy atom. The van der Waals surface area contributed by atoms with E-state index in [0.29, 0.717) is 18.4 Å². The average molecular weight is 374 g/mol. The maximum atomic E-state index is 12.1. The quantitative estimate of drug-likeness (QED) is 0.833. The molecule has 2 aliphatic heterocycles. The van der Waals surface area contributed by atoms with E-state index in [1.807, 2.05) is 0 Å². The van der Waals surface area contributed by atoms with Gasteiger partial charge in [0.1, 0.15) is 0 Å². The smallest absolute Gasteiger partial charge is 0.220 e. The highest BCUT2D eigenvalue weighted by Gasteiger charge is 2.23. The molecule has 6 heteroatoms. The molecule has 0 saturated carbocycles. The number of carbonyl (C=O) groups excluding carboxylic acids is 1. The standard InChI is InChI=1S/C18H27N3O.2ClH/c22-18(12-16-6-9-19-13-16)20-17-7-10-21(11-8-17)14-15-4-2-1-3-5-15;;/h1-5,16-17,19H,6-14H2,(H,20,22);2*1H. The van der Waals surface area contributed by atoms with Gasteiger partial charge in [-0.1, -0.05) is 30.3 Å². The number of hydrogen-bond acceptors (Lipinski definition) is 3. The van der Waals surface area contributed by atoms with Crippen molar-refractivity contribution in [2.45, 2.75) is 38.3 Å². The van der Waals surface area contributed by atoms with Crippen LogP contribution in [0.1, 0.15) is 31.2 Å².